The average molecular weight is 250 g/mol. The third-order valence-electron chi connectivity index (χ3n) is 3.21. The first-order chi connectivity index (χ1) is 8.67. The van der Waals surface area contributed by atoms with Crippen LogP contribution in [0, 0.1) is 0 Å². The van der Waals surface area contributed by atoms with Crippen LogP contribution in [0.3, 0.4) is 0 Å². The quantitative estimate of drug-likeness (QED) is 0.490. The topological polar surface area (TPSA) is 18.5 Å². The third kappa shape index (κ3) is 5.09. The molecule has 0 bridgehead atoms. The van der Waals surface area contributed by atoms with E-state index in [0.29, 0.717) is 5.92 Å². The Morgan fingerprint density at radius 3 is 2.28 bits per heavy atom. The van der Waals surface area contributed by atoms with Crippen molar-refractivity contribution < 1.29 is 9.47 Å². The molecule has 0 aliphatic carbocycles. The average Bonchev–Trinajstić information content (AvgIpc) is 2.39. The molecule has 1 aromatic rings. The lowest BCUT2D eigenvalue weighted by Crippen LogP contribution is -2.16. The van der Waals surface area contributed by atoms with Gasteiger partial charge in [-0.3, -0.25) is 0 Å². The molecule has 0 amide bonds. The van der Waals surface area contributed by atoms with Gasteiger partial charge in [-0.25, -0.2) is 0 Å². The van der Waals surface area contributed by atoms with Crippen LogP contribution < -0.4 is 4.74 Å². The Morgan fingerprint density at radius 2 is 1.72 bits per heavy atom. The third-order valence-corrected chi connectivity index (χ3v) is 3.21. The van der Waals surface area contributed by atoms with Crippen LogP contribution in [-0.2, 0) is 4.74 Å². The van der Waals surface area contributed by atoms with Crippen molar-refractivity contribution in [3.05, 3.63) is 29.8 Å². The Balaban J connectivity index is 2.43. The monoisotopic (exact) mass is 250 g/mol. The van der Waals surface area contributed by atoms with Crippen LogP contribution in [0.25, 0.3) is 0 Å². The summed E-state index contributed by atoms with van der Waals surface area (Å²) < 4.78 is 11.3. The summed E-state index contributed by atoms with van der Waals surface area (Å²) >= 11 is 0. The molecule has 2 atom stereocenters. The second kappa shape index (κ2) is 8.15. The number of unbranched alkanes of at least 4 members (excludes halogenated alkanes) is 1. The summed E-state index contributed by atoms with van der Waals surface area (Å²) in [6.07, 6.45) is 3.22. The largest absolute Gasteiger partial charge is 0.465 e. The van der Waals surface area contributed by atoms with E-state index in [-0.39, 0.29) is 6.29 Å². The minimum atomic E-state index is -0.175. The predicted molar refractivity (Wildman–Crippen MR) is 76.1 cm³/mol. The lowest BCUT2D eigenvalue weighted by atomic mass is 9.99. The molecule has 18 heavy (non-hydrogen) atoms. The molecule has 1 aromatic carbocycles. The minimum Gasteiger partial charge on any atom is -0.465 e. The molecule has 0 N–H and O–H groups in total. The van der Waals surface area contributed by atoms with E-state index in [2.05, 4.69) is 32.9 Å². The van der Waals surface area contributed by atoms with Crippen molar-refractivity contribution >= 4 is 0 Å². The minimum absolute atomic E-state index is 0.175. The van der Waals surface area contributed by atoms with Crippen LogP contribution in [0.4, 0.5) is 0 Å². The SMILES string of the molecule is CCCCOC(C)Oc1ccc(C(C)CC)cc1. The van der Waals surface area contributed by atoms with Gasteiger partial charge in [-0.1, -0.05) is 39.3 Å². The molecule has 0 saturated heterocycles. The fourth-order valence-electron chi connectivity index (χ4n) is 1.73. The molecular formula is C16H26O2. The first kappa shape index (κ1) is 15.0. The van der Waals surface area contributed by atoms with Crippen LogP contribution in [0.5, 0.6) is 5.75 Å². The van der Waals surface area contributed by atoms with Crippen molar-refractivity contribution in [1.29, 1.82) is 0 Å². The van der Waals surface area contributed by atoms with Gasteiger partial charge in [0.2, 0.25) is 0 Å². The molecule has 1 rings (SSSR count). The van der Waals surface area contributed by atoms with Crippen molar-refractivity contribution in [1.82, 2.24) is 0 Å². The fraction of sp³-hybridized carbons (Fsp3) is 0.625. The Hall–Kier alpha value is -1.02. The first-order valence-electron chi connectivity index (χ1n) is 7.05. The van der Waals surface area contributed by atoms with Crippen LogP contribution in [0.1, 0.15) is 58.4 Å². The van der Waals surface area contributed by atoms with Crippen molar-refractivity contribution in [2.75, 3.05) is 6.61 Å². The Morgan fingerprint density at radius 1 is 1.06 bits per heavy atom. The zero-order valence-corrected chi connectivity index (χ0v) is 12.1. The highest BCUT2D eigenvalue weighted by Crippen LogP contribution is 2.22. The van der Waals surface area contributed by atoms with Crippen molar-refractivity contribution in [2.24, 2.45) is 0 Å². The van der Waals surface area contributed by atoms with Gasteiger partial charge in [0.15, 0.2) is 6.29 Å². The summed E-state index contributed by atoms with van der Waals surface area (Å²) in [7, 11) is 0. The van der Waals surface area contributed by atoms with Crippen molar-refractivity contribution in [3.8, 4) is 5.75 Å². The Kier molecular flexibility index (Phi) is 6.81. The van der Waals surface area contributed by atoms with Gasteiger partial charge in [0.25, 0.3) is 0 Å². The van der Waals surface area contributed by atoms with Crippen LogP contribution in [-0.4, -0.2) is 12.9 Å². The highest BCUT2D eigenvalue weighted by Gasteiger charge is 2.05. The number of ether oxygens (including phenoxy) is 2. The van der Waals surface area contributed by atoms with E-state index < -0.39 is 0 Å². The lowest BCUT2D eigenvalue weighted by Gasteiger charge is -2.16. The van der Waals surface area contributed by atoms with Gasteiger partial charge in [-0.2, -0.15) is 0 Å². The lowest BCUT2D eigenvalue weighted by molar-refractivity contribution is -0.0673. The van der Waals surface area contributed by atoms with E-state index in [1.54, 1.807) is 0 Å². The molecule has 0 spiro atoms. The maximum absolute atomic E-state index is 5.71. The molecular weight excluding hydrogens is 224 g/mol. The molecule has 0 saturated carbocycles. The molecule has 0 fully saturated rings. The molecule has 2 unspecified atom stereocenters. The zero-order valence-electron chi connectivity index (χ0n) is 12.1. The summed E-state index contributed by atoms with van der Waals surface area (Å²) in [5, 5.41) is 0. The van der Waals surface area contributed by atoms with E-state index in [0.717, 1.165) is 31.6 Å². The fourth-order valence-corrected chi connectivity index (χ4v) is 1.73. The molecule has 2 nitrogen and oxygen atoms in total. The highest BCUT2D eigenvalue weighted by molar-refractivity contribution is 5.29. The van der Waals surface area contributed by atoms with E-state index in [1.165, 1.54) is 5.56 Å². The van der Waals surface area contributed by atoms with Gasteiger partial charge in [-0.15, -0.1) is 0 Å². The highest BCUT2D eigenvalue weighted by atomic mass is 16.7. The van der Waals surface area contributed by atoms with Crippen molar-refractivity contribution in [2.45, 2.75) is 59.2 Å². The van der Waals surface area contributed by atoms with E-state index in [4.69, 9.17) is 9.47 Å². The summed E-state index contributed by atoms with van der Waals surface area (Å²) in [6, 6.07) is 8.34. The molecule has 0 aromatic heterocycles. The molecule has 0 radical (unpaired) electrons. The van der Waals surface area contributed by atoms with Crippen LogP contribution in [0.15, 0.2) is 24.3 Å². The van der Waals surface area contributed by atoms with E-state index in [1.807, 2.05) is 19.1 Å². The van der Waals surface area contributed by atoms with Gasteiger partial charge in [0.1, 0.15) is 5.75 Å². The molecule has 0 aliphatic rings. The second-order valence-electron chi connectivity index (χ2n) is 4.79. The van der Waals surface area contributed by atoms with Gasteiger partial charge >= 0.3 is 0 Å². The Labute approximate surface area is 111 Å². The number of benzene rings is 1. The van der Waals surface area contributed by atoms with Gasteiger partial charge in [0.05, 0.1) is 6.61 Å². The number of hydrogen-bond donors (Lipinski definition) is 0. The summed E-state index contributed by atoms with van der Waals surface area (Å²) in [5.41, 5.74) is 1.37. The standard InChI is InChI=1S/C16H26O2/c1-5-7-12-17-14(4)18-16-10-8-15(9-11-16)13(3)6-2/h8-11,13-14H,5-7,12H2,1-4H3. The second-order valence-corrected chi connectivity index (χ2v) is 4.79. The summed E-state index contributed by atoms with van der Waals surface area (Å²) in [6.45, 7) is 9.31. The Bertz CT molecular complexity index is 318. The normalized spacial score (nSPS) is 14.2. The molecule has 0 heterocycles. The number of rotatable bonds is 8. The summed E-state index contributed by atoms with van der Waals surface area (Å²) in [5.74, 6) is 1.49. The predicted octanol–water partition coefficient (Wildman–Crippen LogP) is 4.74. The van der Waals surface area contributed by atoms with Crippen LogP contribution in [0.2, 0.25) is 0 Å². The maximum Gasteiger partial charge on any atom is 0.196 e. The van der Waals surface area contributed by atoms with Gasteiger partial charge in [0, 0.05) is 0 Å². The first-order valence-corrected chi connectivity index (χ1v) is 7.05. The number of hydrogen-bond acceptors (Lipinski definition) is 2. The smallest absolute Gasteiger partial charge is 0.196 e. The maximum atomic E-state index is 5.71. The molecule has 102 valence electrons. The van der Waals surface area contributed by atoms with Gasteiger partial charge in [-0.05, 0) is 43.4 Å². The van der Waals surface area contributed by atoms with E-state index in [9.17, 15) is 0 Å². The van der Waals surface area contributed by atoms with Crippen LogP contribution >= 0.6 is 0 Å². The van der Waals surface area contributed by atoms with Crippen molar-refractivity contribution in [3.63, 3.8) is 0 Å². The van der Waals surface area contributed by atoms with Gasteiger partial charge < -0.3 is 9.47 Å². The molecule has 0 aliphatic heterocycles. The summed E-state index contributed by atoms with van der Waals surface area (Å²) in [4.78, 5) is 0. The zero-order chi connectivity index (χ0) is 13.4. The molecule has 2 heteroatoms. The van der Waals surface area contributed by atoms with E-state index >= 15 is 0 Å².